The van der Waals surface area contributed by atoms with Crippen LogP contribution in [0.4, 0.5) is 0 Å². The molecular weight excluding hydrogens is 422 g/mol. The number of fused-ring (bicyclic) bond motifs is 1. The molecule has 30 heavy (non-hydrogen) atoms. The van der Waals surface area contributed by atoms with Crippen molar-refractivity contribution in [3.8, 4) is 17.5 Å². The highest BCUT2D eigenvalue weighted by molar-refractivity contribution is 7.17. The van der Waals surface area contributed by atoms with Crippen LogP contribution in [0.2, 0.25) is 5.02 Å². The van der Waals surface area contributed by atoms with Crippen LogP contribution >= 0.6 is 22.9 Å². The van der Waals surface area contributed by atoms with Crippen molar-refractivity contribution >= 4 is 27.9 Å². The number of hydrogen-bond donors (Lipinski definition) is 1. The number of hydrogen-bond acceptors (Lipinski definition) is 7. The van der Waals surface area contributed by atoms with E-state index in [-0.39, 0.29) is 11.9 Å². The molecule has 156 valence electrons. The Morgan fingerprint density at radius 2 is 1.97 bits per heavy atom. The monoisotopic (exact) mass is 443 g/mol. The van der Waals surface area contributed by atoms with E-state index in [2.05, 4.69) is 26.8 Å². The minimum Gasteiger partial charge on any atom is -0.492 e. The van der Waals surface area contributed by atoms with Gasteiger partial charge in [-0.25, -0.2) is 0 Å². The minimum absolute atomic E-state index is 0.100. The molecule has 1 aliphatic heterocycles. The maximum absolute atomic E-state index is 11.1. The molecule has 1 atom stereocenters. The standard InChI is InChI=1S/C21H22ClN5O2S/c1-2-25-9-11-26(12-10-25)17(14-6-3-4-7-15(14)22)18-20(28)27-21(30-18)23-19(24-27)16-8-5-13-29-16/h3-8,13,17,28H,2,9-12H2,1H3. The van der Waals surface area contributed by atoms with E-state index in [9.17, 15) is 5.11 Å². The van der Waals surface area contributed by atoms with Crippen molar-refractivity contribution in [2.24, 2.45) is 0 Å². The summed E-state index contributed by atoms with van der Waals surface area (Å²) in [6, 6.07) is 11.3. The fraction of sp³-hybridized carbons (Fsp3) is 0.333. The summed E-state index contributed by atoms with van der Waals surface area (Å²) in [5.41, 5.74) is 0.982. The third-order valence-electron chi connectivity index (χ3n) is 5.61. The molecular formula is C21H22ClN5O2S. The quantitative estimate of drug-likeness (QED) is 0.500. The number of thiazole rings is 1. The summed E-state index contributed by atoms with van der Waals surface area (Å²) in [4.78, 5) is 10.8. The SMILES string of the molecule is CCN1CCN(C(c2ccccc2Cl)c2sc3nc(-c4ccco4)nn3c2O)CC1. The maximum Gasteiger partial charge on any atom is 0.230 e. The van der Waals surface area contributed by atoms with Crippen molar-refractivity contribution in [1.82, 2.24) is 24.4 Å². The summed E-state index contributed by atoms with van der Waals surface area (Å²) in [5, 5.41) is 16.3. The first kappa shape index (κ1) is 19.6. The van der Waals surface area contributed by atoms with Gasteiger partial charge in [0.15, 0.2) is 5.76 Å². The van der Waals surface area contributed by atoms with Gasteiger partial charge in [-0.3, -0.25) is 4.90 Å². The van der Waals surface area contributed by atoms with Gasteiger partial charge in [-0.2, -0.15) is 9.50 Å². The Morgan fingerprint density at radius 1 is 1.17 bits per heavy atom. The molecule has 0 saturated carbocycles. The predicted molar refractivity (Wildman–Crippen MR) is 117 cm³/mol. The summed E-state index contributed by atoms with van der Waals surface area (Å²) in [6.45, 7) is 7.00. The summed E-state index contributed by atoms with van der Waals surface area (Å²) >= 11 is 8.03. The third kappa shape index (κ3) is 3.39. The highest BCUT2D eigenvalue weighted by Crippen LogP contribution is 2.42. The van der Waals surface area contributed by atoms with Crippen molar-refractivity contribution in [2.45, 2.75) is 13.0 Å². The van der Waals surface area contributed by atoms with Crippen LogP contribution in [-0.4, -0.2) is 62.2 Å². The molecule has 1 fully saturated rings. The van der Waals surface area contributed by atoms with Crippen LogP contribution in [0.15, 0.2) is 47.1 Å². The van der Waals surface area contributed by atoms with E-state index < -0.39 is 0 Å². The zero-order valence-electron chi connectivity index (χ0n) is 16.5. The summed E-state index contributed by atoms with van der Waals surface area (Å²) in [7, 11) is 0. The molecule has 0 amide bonds. The Morgan fingerprint density at radius 3 is 2.63 bits per heavy atom. The number of aromatic nitrogens is 3. The Kier molecular flexibility index (Phi) is 5.24. The molecule has 1 aromatic carbocycles. The van der Waals surface area contributed by atoms with E-state index in [1.54, 1.807) is 18.4 Å². The second-order valence-corrected chi connectivity index (χ2v) is 8.71. The molecule has 1 saturated heterocycles. The second-order valence-electron chi connectivity index (χ2n) is 7.29. The summed E-state index contributed by atoms with van der Waals surface area (Å²) in [6.07, 6.45) is 1.58. The first-order chi connectivity index (χ1) is 14.7. The number of likely N-dealkylation sites (N-methyl/N-ethyl adjacent to an activating group) is 1. The summed E-state index contributed by atoms with van der Waals surface area (Å²) < 4.78 is 6.88. The van der Waals surface area contributed by atoms with Crippen molar-refractivity contribution in [2.75, 3.05) is 32.7 Å². The van der Waals surface area contributed by atoms with Gasteiger partial charge < -0.3 is 14.4 Å². The first-order valence-corrected chi connectivity index (χ1v) is 11.2. The Labute approximate surface area is 183 Å². The topological polar surface area (TPSA) is 70.0 Å². The number of rotatable bonds is 5. The minimum atomic E-state index is -0.154. The van der Waals surface area contributed by atoms with Gasteiger partial charge in [0.05, 0.1) is 17.2 Å². The molecule has 1 unspecified atom stereocenters. The number of benzene rings is 1. The highest BCUT2D eigenvalue weighted by atomic mass is 35.5. The molecule has 3 aromatic heterocycles. The van der Waals surface area contributed by atoms with Crippen molar-refractivity contribution < 1.29 is 9.52 Å². The van der Waals surface area contributed by atoms with Gasteiger partial charge in [0.2, 0.25) is 16.7 Å². The lowest BCUT2D eigenvalue weighted by molar-refractivity contribution is 0.113. The lowest BCUT2D eigenvalue weighted by atomic mass is 10.0. The zero-order valence-corrected chi connectivity index (χ0v) is 18.1. The average Bonchev–Trinajstić information content (AvgIpc) is 3.49. The van der Waals surface area contributed by atoms with Gasteiger partial charge in [-0.05, 0) is 30.3 Å². The first-order valence-electron chi connectivity index (χ1n) is 9.99. The average molecular weight is 444 g/mol. The zero-order chi connectivity index (χ0) is 20.7. The molecule has 7 nitrogen and oxygen atoms in total. The van der Waals surface area contributed by atoms with Crippen molar-refractivity contribution in [1.29, 1.82) is 0 Å². The molecule has 0 radical (unpaired) electrons. The molecule has 9 heteroatoms. The molecule has 0 aliphatic carbocycles. The van der Waals surface area contributed by atoms with Gasteiger partial charge in [0, 0.05) is 31.2 Å². The summed E-state index contributed by atoms with van der Waals surface area (Å²) in [5.74, 6) is 1.13. The van der Waals surface area contributed by atoms with E-state index in [0.717, 1.165) is 43.2 Å². The van der Waals surface area contributed by atoms with Crippen LogP contribution in [0.25, 0.3) is 16.5 Å². The fourth-order valence-corrected chi connectivity index (χ4v) is 5.32. The predicted octanol–water partition coefficient (Wildman–Crippen LogP) is 4.14. The number of furan rings is 1. The lowest BCUT2D eigenvalue weighted by Crippen LogP contribution is -2.47. The number of piperazine rings is 1. The molecule has 0 bridgehead atoms. The van der Waals surface area contributed by atoms with Gasteiger partial charge in [-0.1, -0.05) is 48.1 Å². The molecule has 4 heterocycles. The van der Waals surface area contributed by atoms with Gasteiger partial charge >= 0.3 is 0 Å². The van der Waals surface area contributed by atoms with E-state index in [1.165, 1.54) is 15.9 Å². The van der Waals surface area contributed by atoms with Crippen LogP contribution in [-0.2, 0) is 0 Å². The van der Waals surface area contributed by atoms with Crippen LogP contribution in [0.1, 0.15) is 23.4 Å². The molecule has 5 rings (SSSR count). The lowest BCUT2D eigenvalue weighted by Gasteiger charge is -2.39. The van der Waals surface area contributed by atoms with Gasteiger partial charge in [0.1, 0.15) is 0 Å². The van der Waals surface area contributed by atoms with Gasteiger partial charge in [0.25, 0.3) is 0 Å². The van der Waals surface area contributed by atoms with E-state index >= 15 is 0 Å². The van der Waals surface area contributed by atoms with Crippen LogP contribution in [0.5, 0.6) is 5.88 Å². The number of halogens is 1. The van der Waals surface area contributed by atoms with Crippen LogP contribution in [0, 0.1) is 0 Å². The van der Waals surface area contributed by atoms with Crippen LogP contribution < -0.4 is 0 Å². The normalized spacial score (nSPS) is 17.0. The van der Waals surface area contributed by atoms with Gasteiger partial charge in [-0.15, -0.1) is 5.10 Å². The third-order valence-corrected chi connectivity index (χ3v) is 7.03. The molecule has 1 N–H and O–H groups in total. The smallest absolute Gasteiger partial charge is 0.230 e. The van der Waals surface area contributed by atoms with Crippen molar-refractivity contribution in [3.63, 3.8) is 0 Å². The largest absolute Gasteiger partial charge is 0.492 e. The Hall–Kier alpha value is -2.39. The van der Waals surface area contributed by atoms with E-state index in [1.807, 2.05) is 24.3 Å². The fourth-order valence-electron chi connectivity index (χ4n) is 3.98. The molecule has 1 aliphatic rings. The number of aromatic hydroxyl groups is 1. The number of nitrogens with zero attached hydrogens (tertiary/aromatic N) is 5. The molecule has 4 aromatic rings. The second kappa shape index (κ2) is 8.03. The van der Waals surface area contributed by atoms with Crippen LogP contribution in [0.3, 0.4) is 0 Å². The van der Waals surface area contributed by atoms with E-state index in [0.29, 0.717) is 21.6 Å². The Bertz CT molecular complexity index is 1150. The Balaban J connectivity index is 1.57. The molecule has 0 spiro atoms. The highest BCUT2D eigenvalue weighted by Gasteiger charge is 2.32. The maximum atomic E-state index is 11.1. The van der Waals surface area contributed by atoms with E-state index in [4.69, 9.17) is 16.0 Å². The van der Waals surface area contributed by atoms with Crippen molar-refractivity contribution in [3.05, 3.63) is 58.1 Å².